The highest BCUT2D eigenvalue weighted by Gasteiger charge is 2.28. The first kappa shape index (κ1) is 15.7. The maximum atomic E-state index is 12.7. The standard InChI is InChI=1S/C15H19NO4S/c1-10-6-11(2)9-16(8-10)21(19,20)13-4-5-14(15(17)18)12(3)7-13/h4-7,10H,8-9H2,1-3H3,(H,17,18). The van der Waals surface area contributed by atoms with Crippen molar-refractivity contribution in [2.24, 2.45) is 5.92 Å². The van der Waals surface area contributed by atoms with E-state index in [1.807, 2.05) is 13.8 Å². The Labute approximate surface area is 124 Å². The van der Waals surface area contributed by atoms with Gasteiger partial charge in [0.2, 0.25) is 10.0 Å². The topological polar surface area (TPSA) is 74.7 Å². The molecule has 2 rings (SSSR count). The lowest BCUT2D eigenvalue weighted by Gasteiger charge is -2.29. The fourth-order valence-electron chi connectivity index (χ4n) is 2.62. The van der Waals surface area contributed by atoms with Gasteiger partial charge in [-0.25, -0.2) is 13.2 Å². The van der Waals surface area contributed by atoms with E-state index in [9.17, 15) is 13.2 Å². The van der Waals surface area contributed by atoms with Gasteiger partial charge in [-0.3, -0.25) is 0 Å². The molecule has 0 radical (unpaired) electrons. The molecule has 21 heavy (non-hydrogen) atoms. The molecule has 1 aromatic rings. The highest BCUT2D eigenvalue weighted by Crippen LogP contribution is 2.24. The summed E-state index contributed by atoms with van der Waals surface area (Å²) in [5, 5.41) is 9.01. The van der Waals surface area contributed by atoms with Crippen molar-refractivity contribution in [3.8, 4) is 0 Å². The SMILES string of the molecule is CC1=CC(C)CN(S(=O)(=O)c2ccc(C(=O)O)c(C)c2)C1. The number of aryl methyl sites for hydroxylation is 1. The Bertz CT molecular complexity index is 706. The molecule has 6 heteroatoms. The number of nitrogens with zero attached hydrogens (tertiary/aromatic N) is 1. The molecule has 0 bridgehead atoms. The Balaban J connectivity index is 2.39. The third kappa shape index (κ3) is 3.16. The lowest BCUT2D eigenvalue weighted by Crippen LogP contribution is -2.38. The average molecular weight is 309 g/mol. The summed E-state index contributed by atoms with van der Waals surface area (Å²) in [7, 11) is -3.59. The summed E-state index contributed by atoms with van der Waals surface area (Å²) in [4.78, 5) is 11.1. The molecule has 114 valence electrons. The van der Waals surface area contributed by atoms with Crippen LogP contribution in [-0.4, -0.2) is 36.9 Å². The molecule has 1 atom stereocenters. The van der Waals surface area contributed by atoms with E-state index in [0.29, 0.717) is 18.7 Å². The molecule has 0 aliphatic carbocycles. The van der Waals surface area contributed by atoms with Gasteiger partial charge in [0.15, 0.2) is 0 Å². The van der Waals surface area contributed by atoms with Crippen LogP contribution in [0.4, 0.5) is 0 Å². The van der Waals surface area contributed by atoms with Crippen LogP contribution in [0.5, 0.6) is 0 Å². The van der Waals surface area contributed by atoms with E-state index >= 15 is 0 Å². The number of aromatic carboxylic acids is 1. The van der Waals surface area contributed by atoms with Crippen LogP contribution < -0.4 is 0 Å². The number of hydrogen-bond donors (Lipinski definition) is 1. The van der Waals surface area contributed by atoms with Gasteiger partial charge in [0, 0.05) is 13.1 Å². The van der Waals surface area contributed by atoms with Gasteiger partial charge in [-0.05, 0) is 43.5 Å². The van der Waals surface area contributed by atoms with E-state index in [-0.39, 0.29) is 16.4 Å². The fourth-order valence-corrected chi connectivity index (χ4v) is 4.29. The smallest absolute Gasteiger partial charge is 0.335 e. The van der Waals surface area contributed by atoms with Gasteiger partial charge in [0.1, 0.15) is 0 Å². The third-order valence-electron chi connectivity index (χ3n) is 3.55. The molecule has 0 amide bonds. The Morgan fingerprint density at radius 2 is 2.00 bits per heavy atom. The molecular formula is C15H19NO4S. The summed E-state index contributed by atoms with van der Waals surface area (Å²) in [6.45, 7) is 6.32. The Hall–Kier alpha value is -1.66. The normalized spacial score (nSPS) is 20.1. The minimum absolute atomic E-state index is 0.122. The van der Waals surface area contributed by atoms with Gasteiger partial charge in [0.05, 0.1) is 10.5 Å². The molecule has 1 N–H and O–H groups in total. The van der Waals surface area contributed by atoms with E-state index in [0.717, 1.165) is 5.57 Å². The number of rotatable bonds is 3. The third-order valence-corrected chi connectivity index (χ3v) is 5.36. The number of sulfonamides is 1. The molecule has 0 aromatic heterocycles. The highest BCUT2D eigenvalue weighted by atomic mass is 32.2. The van der Waals surface area contributed by atoms with Gasteiger partial charge >= 0.3 is 5.97 Å². The van der Waals surface area contributed by atoms with Crippen LogP contribution in [0.25, 0.3) is 0 Å². The summed E-state index contributed by atoms with van der Waals surface area (Å²) < 4.78 is 26.8. The highest BCUT2D eigenvalue weighted by molar-refractivity contribution is 7.89. The van der Waals surface area contributed by atoms with Crippen LogP contribution in [0.3, 0.4) is 0 Å². The minimum atomic E-state index is -3.59. The lowest BCUT2D eigenvalue weighted by molar-refractivity contribution is 0.0696. The van der Waals surface area contributed by atoms with Crippen molar-refractivity contribution in [1.82, 2.24) is 4.31 Å². The maximum Gasteiger partial charge on any atom is 0.335 e. The van der Waals surface area contributed by atoms with Crippen LogP contribution in [-0.2, 0) is 10.0 Å². The summed E-state index contributed by atoms with van der Waals surface area (Å²) in [5.74, 6) is -0.880. The van der Waals surface area contributed by atoms with Crippen molar-refractivity contribution in [1.29, 1.82) is 0 Å². The first-order chi connectivity index (χ1) is 9.71. The van der Waals surface area contributed by atoms with Gasteiger partial charge in [-0.1, -0.05) is 18.6 Å². The van der Waals surface area contributed by atoms with Gasteiger partial charge in [0.25, 0.3) is 0 Å². The quantitative estimate of drug-likeness (QED) is 0.869. The van der Waals surface area contributed by atoms with Gasteiger partial charge in [-0.15, -0.1) is 0 Å². The average Bonchev–Trinajstić information content (AvgIpc) is 2.36. The molecular weight excluding hydrogens is 290 g/mol. The molecule has 1 aliphatic rings. The van der Waals surface area contributed by atoms with Crippen molar-refractivity contribution in [3.05, 3.63) is 41.0 Å². The van der Waals surface area contributed by atoms with E-state index < -0.39 is 16.0 Å². The second kappa shape index (κ2) is 5.61. The zero-order chi connectivity index (χ0) is 15.8. The molecule has 1 unspecified atom stereocenters. The van der Waals surface area contributed by atoms with Crippen LogP contribution in [0.15, 0.2) is 34.7 Å². The number of carbonyl (C=O) groups is 1. The molecule has 1 heterocycles. The number of carboxylic acids is 1. The lowest BCUT2D eigenvalue weighted by atomic mass is 10.1. The van der Waals surface area contributed by atoms with Gasteiger partial charge in [-0.2, -0.15) is 4.31 Å². The Morgan fingerprint density at radius 3 is 2.52 bits per heavy atom. The van der Waals surface area contributed by atoms with Crippen LogP contribution in [0, 0.1) is 12.8 Å². The summed E-state index contributed by atoms with van der Waals surface area (Å²) in [6, 6.07) is 4.14. The number of hydrogen-bond acceptors (Lipinski definition) is 3. The van der Waals surface area contributed by atoms with Crippen molar-refractivity contribution in [2.45, 2.75) is 25.7 Å². The largest absolute Gasteiger partial charge is 0.478 e. The molecule has 1 aromatic carbocycles. The van der Waals surface area contributed by atoms with Crippen molar-refractivity contribution in [2.75, 3.05) is 13.1 Å². The summed E-state index contributed by atoms with van der Waals surface area (Å²) in [5.41, 5.74) is 1.59. The second-order valence-corrected chi connectivity index (χ2v) is 7.51. The van der Waals surface area contributed by atoms with Crippen LogP contribution in [0.2, 0.25) is 0 Å². The van der Waals surface area contributed by atoms with E-state index in [1.54, 1.807) is 6.92 Å². The predicted molar refractivity (Wildman–Crippen MR) is 79.8 cm³/mol. The maximum absolute atomic E-state index is 12.7. The Kier molecular flexibility index (Phi) is 4.20. The van der Waals surface area contributed by atoms with Gasteiger partial charge < -0.3 is 5.11 Å². The van der Waals surface area contributed by atoms with Crippen molar-refractivity contribution >= 4 is 16.0 Å². The zero-order valence-corrected chi connectivity index (χ0v) is 13.1. The molecule has 1 aliphatic heterocycles. The predicted octanol–water partition coefficient (Wildman–Crippen LogP) is 2.28. The summed E-state index contributed by atoms with van der Waals surface area (Å²) >= 11 is 0. The fraction of sp³-hybridized carbons (Fsp3) is 0.400. The summed E-state index contributed by atoms with van der Waals surface area (Å²) in [6.07, 6.45) is 2.07. The zero-order valence-electron chi connectivity index (χ0n) is 12.3. The number of benzene rings is 1. The molecule has 0 fully saturated rings. The molecule has 0 spiro atoms. The van der Waals surface area contributed by atoms with E-state index in [4.69, 9.17) is 5.11 Å². The van der Waals surface area contributed by atoms with Crippen molar-refractivity contribution in [3.63, 3.8) is 0 Å². The number of carboxylic acid groups (broad SMARTS) is 1. The monoisotopic (exact) mass is 309 g/mol. The second-order valence-electron chi connectivity index (χ2n) is 5.57. The van der Waals surface area contributed by atoms with E-state index in [1.165, 1.54) is 22.5 Å². The Morgan fingerprint density at radius 1 is 1.33 bits per heavy atom. The van der Waals surface area contributed by atoms with Crippen LogP contribution >= 0.6 is 0 Å². The molecule has 5 nitrogen and oxygen atoms in total. The van der Waals surface area contributed by atoms with Crippen LogP contribution in [0.1, 0.15) is 29.8 Å². The first-order valence-corrected chi connectivity index (χ1v) is 8.17. The molecule has 0 saturated heterocycles. The molecule has 0 saturated carbocycles. The minimum Gasteiger partial charge on any atom is -0.478 e. The van der Waals surface area contributed by atoms with Crippen molar-refractivity contribution < 1.29 is 18.3 Å². The van der Waals surface area contributed by atoms with E-state index in [2.05, 4.69) is 6.08 Å². The first-order valence-electron chi connectivity index (χ1n) is 6.73.